The number of nitrogens with one attached hydrogen (secondary N) is 1. The molecule has 3 N–H and O–H groups in total. The molecule has 1 aromatic carbocycles. The van der Waals surface area contributed by atoms with Gasteiger partial charge in [-0.1, -0.05) is 12.5 Å². The number of nitrogens with two attached hydrogens (primary N) is 1. The van der Waals surface area contributed by atoms with Gasteiger partial charge in [0.25, 0.3) is 0 Å². The number of carbonyl (C=O) groups excluding carboxylic acids is 1. The maximum atomic E-state index is 12.1. The fourth-order valence-electron chi connectivity index (χ4n) is 2.62. The van der Waals surface area contributed by atoms with Crippen molar-refractivity contribution in [2.75, 3.05) is 32.1 Å². The van der Waals surface area contributed by atoms with Crippen molar-refractivity contribution < 1.29 is 9.53 Å². The molecule has 0 bridgehead atoms. The van der Waals surface area contributed by atoms with E-state index < -0.39 is 0 Å². The maximum absolute atomic E-state index is 12.1. The first-order valence-corrected chi connectivity index (χ1v) is 7.11. The number of methoxy groups -OCH3 is 1. The molecule has 0 spiro atoms. The van der Waals surface area contributed by atoms with Crippen LogP contribution in [0.2, 0.25) is 0 Å². The number of hydrogen-bond acceptors (Lipinski definition) is 4. The molecule has 20 heavy (non-hydrogen) atoms. The fourth-order valence-corrected chi connectivity index (χ4v) is 2.62. The molecule has 1 amide bonds. The van der Waals surface area contributed by atoms with E-state index in [-0.39, 0.29) is 5.91 Å². The van der Waals surface area contributed by atoms with Crippen molar-refractivity contribution in [2.45, 2.75) is 25.3 Å². The van der Waals surface area contributed by atoms with Crippen molar-refractivity contribution in [1.29, 1.82) is 0 Å². The zero-order chi connectivity index (χ0) is 14.4. The standard InChI is InChI=1S/C15H23N3O2/c1-20-14-7-4-5-12(9-14)17-15(19)11-18-8-3-2-6-13(18)10-16/h4-5,7,9,13H,2-3,6,8,10-11,16H2,1H3,(H,17,19). The van der Waals surface area contributed by atoms with Crippen LogP contribution in [0, 0.1) is 0 Å². The summed E-state index contributed by atoms with van der Waals surface area (Å²) in [7, 11) is 1.61. The van der Waals surface area contributed by atoms with E-state index in [2.05, 4.69) is 10.2 Å². The molecule has 5 nitrogen and oxygen atoms in total. The second-order valence-electron chi connectivity index (χ2n) is 5.14. The average Bonchev–Trinajstić information content (AvgIpc) is 2.48. The molecular weight excluding hydrogens is 254 g/mol. The average molecular weight is 277 g/mol. The summed E-state index contributed by atoms with van der Waals surface area (Å²) in [6.07, 6.45) is 3.43. The monoisotopic (exact) mass is 277 g/mol. The van der Waals surface area contributed by atoms with Gasteiger partial charge in [0.05, 0.1) is 13.7 Å². The number of likely N-dealkylation sites (tertiary alicyclic amines) is 1. The van der Waals surface area contributed by atoms with Crippen molar-refractivity contribution in [3.05, 3.63) is 24.3 Å². The summed E-state index contributed by atoms with van der Waals surface area (Å²) in [5.41, 5.74) is 6.53. The Morgan fingerprint density at radius 1 is 1.50 bits per heavy atom. The first-order valence-electron chi connectivity index (χ1n) is 7.11. The summed E-state index contributed by atoms with van der Waals surface area (Å²) in [6, 6.07) is 7.72. The van der Waals surface area contributed by atoms with Crippen LogP contribution in [0.5, 0.6) is 5.75 Å². The van der Waals surface area contributed by atoms with Gasteiger partial charge < -0.3 is 15.8 Å². The predicted molar refractivity (Wildman–Crippen MR) is 79.9 cm³/mol. The Morgan fingerprint density at radius 2 is 2.35 bits per heavy atom. The normalized spacial score (nSPS) is 19.6. The first-order chi connectivity index (χ1) is 9.72. The minimum absolute atomic E-state index is 0.00129. The third-order valence-electron chi connectivity index (χ3n) is 3.72. The van der Waals surface area contributed by atoms with Crippen LogP contribution in [0.4, 0.5) is 5.69 Å². The molecular formula is C15H23N3O2. The van der Waals surface area contributed by atoms with Crippen LogP contribution in [0.15, 0.2) is 24.3 Å². The van der Waals surface area contributed by atoms with Gasteiger partial charge in [-0.25, -0.2) is 0 Å². The predicted octanol–water partition coefficient (Wildman–Crippen LogP) is 1.45. The van der Waals surface area contributed by atoms with Gasteiger partial charge in [0, 0.05) is 24.3 Å². The van der Waals surface area contributed by atoms with Crippen LogP contribution in [-0.4, -0.2) is 43.6 Å². The van der Waals surface area contributed by atoms with Gasteiger partial charge >= 0.3 is 0 Å². The van der Waals surface area contributed by atoms with Gasteiger partial charge in [-0.3, -0.25) is 9.69 Å². The summed E-state index contributed by atoms with van der Waals surface area (Å²) in [5, 5.41) is 2.91. The van der Waals surface area contributed by atoms with Gasteiger partial charge in [0.2, 0.25) is 5.91 Å². The van der Waals surface area contributed by atoms with Crippen LogP contribution in [0.3, 0.4) is 0 Å². The zero-order valence-electron chi connectivity index (χ0n) is 12.0. The molecule has 2 rings (SSSR count). The van der Waals surface area contributed by atoms with Crippen LogP contribution in [0.25, 0.3) is 0 Å². The van der Waals surface area contributed by atoms with Gasteiger partial charge in [-0.05, 0) is 31.5 Å². The number of anilines is 1. The molecule has 1 heterocycles. The van der Waals surface area contributed by atoms with E-state index in [9.17, 15) is 4.79 Å². The number of piperidine rings is 1. The highest BCUT2D eigenvalue weighted by atomic mass is 16.5. The Balaban J connectivity index is 1.90. The molecule has 1 aliphatic rings. The number of amides is 1. The molecule has 1 atom stereocenters. The number of rotatable bonds is 5. The first kappa shape index (κ1) is 14.8. The molecule has 1 aromatic rings. The zero-order valence-corrected chi connectivity index (χ0v) is 12.0. The van der Waals surface area contributed by atoms with Crippen molar-refractivity contribution in [3.63, 3.8) is 0 Å². The van der Waals surface area contributed by atoms with Gasteiger partial charge in [0.15, 0.2) is 0 Å². The summed E-state index contributed by atoms with van der Waals surface area (Å²) in [5.74, 6) is 0.735. The Morgan fingerprint density at radius 3 is 3.10 bits per heavy atom. The number of carbonyl (C=O) groups is 1. The van der Waals surface area contributed by atoms with Crippen molar-refractivity contribution in [2.24, 2.45) is 5.73 Å². The molecule has 0 radical (unpaired) electrons. The minimum Gasteiger partial charge on any atom is -0.497 e. The third-order valence-corrected chi connectivity index (χ3v) is 3.72. The van der Waals surface area contributed by atoms with Gasteiger partial charge in [-0.15, -0.1) is 0 Å². The van der Waals surface area contributed by atoms with Crippen LogP contribution in [0.1, 0.15) is 19.3 Å². The summed E-state index contributed by atoms with van der Waals surface area (Å²) >= 11 is 0. The molecule has 110 valence electrons. The summed E-state index contributed by atoms with van der Waals surface area (Å²) in [6.45, 7) is 1.97. The van der Waals surface area contributed by atoms with Gasteiger partial charge in [-0.2, -0.15) is 0 Å². The second kappa shape index (κ2) is 7.26. The summed E-state index contributed by atoms with van der Waals surface area (Å²) in [4.78, 5) is 14.3. The van der Waals surface area contributed by atoms with Crippen molar-refractivity contribution >= 4 is 11.6 Å². The van der Waals surface area contributed by atoms with Gasteiger partial charge in [0.1, 0.15) is 5.75 Å². The lowest BCUT2D eigenvalue weighted by Gasteiger charge is -2.34. The topological polar surface area (TPSA) is 67.6 Å². The van der Waals surface area contributed by atoms with E-state index >= 15 is 0 Å². The van der Waals surface area contributed by atoms with E-state index in [4.69, 9.17) is 10.5 Å². The van der Waals surface area contributed by atoms with Crippen LogP contribution in [-0.2, 0) is 4.79 Å². The Bertz CT molecular complexity index is 450. The SMILES string of the molecule is COc1cccc(NC(=O)CN2CCCCC2CN)c1. The fraction of sp³-hybridized carbons (Fsp3) is 0.533. The van der Waals surface area contributed by atoms with Crippen molar-refractivity contribution in [1.82, 2.24) is 4.90 Å². The highest BCUT2D eigenvalue weighted by molar-refractivity contribution is 5.92. The van der Waals surface area contributed by atoms with Crippen LogP contribution < -0.4 is 15.8 Å². The molecule has 0 saturated carbocycles. The van der Waals surface area contributed by atoms with E-state index in [0.29, 0.717) is 19.1 Å². The molecule has 1 aliphatic heterocycles. The highest BCUT2D eigenvalue weighted by Gasteiger charge is 2.22. The molecule has 5 heteroatoms. The molecule has 1 saturated heterocycles. The minimum atomic E-state index is -0.00129. The quantitative estimate of drug-likeness (QED) is 0.855. The number of hydrogen-bond donors (Lipinski definition) is 2. The number of nitrogens with zero attached hydrogens (tertiary/aromatic N) is 1. The van der Waals surface area contributed by atoms with E-state index in [0.717, 1.165) is 30.8 Å². The number of ether oxygens (including phenoxy) is 1. The molecule has 1 fully saturated rings. The van der Waals surface area contributed by atoms with E-state index in [1.54, 1.807) is 7.11 Å². The lowest BCUT2D eigenvalue weighted by Crippen LogP contribution is -2.47. The smallest absolute Gasteiger partial charge is 0.238 e. The maximum Gasteiger partial charge on any atom is 0.238 e. The molecule has 0 aliphatic carbocycles. The van der Waals surface area contributed by atoms with E-state index in [1.165, 1.54) is 6.42 Å². The third kappa shape index (κ3) is 3.95. The van der Waals surface area contributed by atoms with Crippen LogP contribution >= 0.6 is 0 Å². The largest absolute Gasteiger partial charge is 0.497 e. The Kier molecular flexibility index (Phi) is 5.38. The Hall–Kier alpha value is -1.59. The molecule has 1 unspecified atom stereocenters. The molecule has 0 aromatic heterocycles. The highest BCUT2D eigenvalue weighted by Crippen LogP contribution is 2.18. The lowest BCUT2D eigenvalue weighted by molar-refractivity contribution is -0.118. The summed E-state index contributed by atoms with van der Waals surface area (Å²) < 4.78 is 5.14. The second-order valence-corrected chi connectivity index (χ2v) is 5.14. The van der Waals surface area contributed by atoms with Crippen molar-refractivity contribution in [3.8, 4) is 5.75 Å². The number of benzene rings is 1. The van der Waals surface area contributed by atoms with E-state index in [1.807, 2.05) is 24.3 Å². The Labute approximate surface area is 120 Å². The lowest BCUT2D eigenvalue weighted by atomic mass is 10.0.